The quantitative estimate of drug-likeness (QED) is 0.162. The number of rotatable bonds is 5. The summed E-state index contributed by atoms with van der Waals surface area (Å²) < 4.78 is 5.43. The SMILES string of the molecule is Bc1c(B)c(B)c2c(sc3c(B)c(B)c(-c4nc(-c5cccc(-c6ccc(-c7ccccc7)cc6)c5)nc(-c5c(B)c(B)c(B)c6sc7c(B)c(B)c(B)c(B)c7c56)n4)c(B)c32)c1B. The van der Waals surface area contributed by atoms with Crippen molar-refractivity contribution in [2.75, 3.05) is 0 Å². The summed E-state index contributed by atoms with van der Waals surface area (Å²) in [6.07, 6.45) is 0. The van der Waals surface area contributed by atoms with Gasteiger partial charge in [-0.1, -0.05) is 127 Å². The van der Waals surface area contributed by atoms with Gasteiger partial charge >= 0.3 is 0 Å². The summed E-state index contributed by atoms with van der Waals surface area (Å²) in [7, 11) is 32.0. The molecular weight excluding hydrogens is 798 g/mol. The second-order valence-corrected chi connectivity index (χ2v) is 20.4. The van der Waals surface area contributed by atoms with E-state index in [1.807, 2.05) is 22.7 Å². The fourth-order valence-corrected chi connectivity index (χ4v) is 13.3. The Morgan fingerprint density at radius 2 is 0.625 bits per heavy atom. The molecular formula is C45H41B14N3S2. The molecule has 0 saturated carbocycles. The lowest BCUT2D eigenvalue weighted by Crippen LogP contribution is -2.47. The van der Waals surface area contributed by atoms with E-state index in [0.29, 0.717) is 5.82 Å². The van der Waals surface area contributed by atoms with Crippen LogP contribution in [-0.4, -0.2) is 125 Å². The van der Waals surface area contributed by atoms with Gasteiger partial charge in [0.05, 0.1) is 0 Å². The van der Waals surface area contributed by atoms with Gasteiger partial charge in [0.25, 0.3) is 0 Å². The maximum atomic E-state index is 5.67. The van der Waals surface area contributed by atoms with E-state index >= 15 is 0 Å². The molecule has 19 heteroatoms. The highest BCUT2D eigenvalue weighted by atomic mass is 32.1. The summed E-state index contributed by atoms with van der Waals surface area (Å²) in [5, 5.41) is 5.30. The first kappa shape index (κ1) is 42.8. The van der Waals surface area contributed by atoms with E-state index in [1.165, 1.54) is 128 Å². The third-order valence-electron chi connectivity index (χ3n) is 15.3. The van der Waals surface area contributed by atoms with E-state index < -0.39 is 0 Å². The maximum Gasteiger partial charge on any atom is 0.164 e. The minimum absolute atomic E-state index is 0.679. The number of hydrogen-bond acceptors (Lipinski definition) is 5. The molecule has 0 spiro atoms. The lowest BCUT2D eigenvalue weighted by atomic mass is 9.64. The number of fused-ring (bicyclic) bond motifs is 6. The largest absolute Gasteiger partial charge is 0.208 e. The van der Waals surface area contributed by atoms with Gasteiger partial charge in [-0.2, -0.15) is 0 Å². The normalized spacial score (nSPS) is 11.7. The first-order chi connectivity index (χ1) is 30.6. The second-order valence-electron chi connectivity index (χ2n) is 18.4. The van der Waals surface area contributed by atoms with Crippen molar-refractivity contribution in [1.29, 1.82) is 0 Å². The molecule has 0 radical (unpaired) electrons. The number of benzene rings is 7. The summed E-state index contributed by atoms with van der Waals surface area (Å²) in [4.78, 5) is 16.8. The molecule has 3 aromatic heterocycles. The van der Waals surface area contributed by atoms with E-state index in [4.69, 9.17) is 15.0 Å². The maximum absolute atomic E-state index is 5.67. The average Bonchev–Trinajstić information content (AvgIpc) is 3.92. The molecule has 64 heavy (non-hydrogen) atoms. The lowest BCUT2D eigenvalue weighted by molar-refractivity contribution is 1.08. The minimum Gasteiger partial charge on any atom is -0.208 e. The zero-order valence-electron chi connectivity index (χ0n) is 39.7. The summed E-state index contributed by atoms with van der Waals surface area (Å²) in [6, 6.07) is 28.2. The van der Waals surface area contributed by atoms with Gasteiger partial charge in [0, 0.05) is 40.9 Å². The van der Waals surface area contributed by atoms with Crippen LogP contribution in [0, 0.1) is 0 Å². The van der Waals surface area contributed by atoms with Crippen molar-refractivity contribution in [2.24, 2.45) is 0 Å². The van der Waals surface area contributed by atoms with E-state index in [9.17, 15) is 0 Å². The number of aromatic nitrogens is 3. The van der Waals surface area contributed by atoms with Crippen LogP contribution in [0.1, 0.15) is 0 Å². The van der Waals surface area contributed by atoms with Crippen LogP contribution in [0.5, 0.6) is 0 Å². The third kappa shape index (κ3) is 6.38. The van der Waals surface area contributed by atoms with Crippen molar-refractivity contribution in [1.82, 2.24) is 15.0 Å². The van der Waals surface area contributed by atoms with Gasteiger partial charge in [-0.05, 0) is 44.5 Å². The molecule has 10 aromatic rings. The molecule has 0 aliphatic carbocycles. The Kier molecular flexibility index (Phi) is 10.6. The molecule has 7 aromatic carbocycles. The van der Waals surface area contributed by atoms with Crippen molar-refractivity contribution in [3.8, 4) is 56.4 Å². The zero-order chi connectivity index (χ0) is 45.2. The van der Waals surface area contributed by atoms with Gasteiger partial charge < -0.3 is 0 Å². The Morgan fingerprint density at radius 1 is 0.266 bits per heavy atom. The van der Waals surface area contributed by atoms with Crippen LogP contribution < -0.4 is 76.5 Å². The van der Waals surface area contributed by atoms with Gasteiger partial charge in [-0.15, -0.1) is 44.5 Å². The van der Waals surface area contributed by atoms with Crippen molar-refractivity contribution in [3.05, 3.63) is 78.9 Å². The molecule has 0 fully saturated rings. The van der Waals surface area contributed by atoms with Crippen LogP contribution in [0.2, 0.25) is 0 Å². The molecule has 0 N–H and O–H groups in total. The smallest absolute Gasteiger partial charge is 0.164 e. The van der Waals surface area contributed by atoms with Crippen LogP contribution in [0.25, 0.3) is 96.8 Å². The highest BCUT2D eigenvalue weighted by Crippen LogP contribution is 2.37. The summed E-state index contributed by atoms with van der Waals surface area (Å²) >= 11 is 3.87. The molecule has 290 valence electrons. The van der Waals surface area contributed by atoms with Gasteiger partial charge in [0.15, 0.2) is 17.5 Å². The van der Waals surface area contributed by atoms with E-state index in [2.05, 4.69) is 189 Å². The van der Waals surface area contributed by atoms with E-state index in [0.717, 1.165) is 39.5 Å². The molecule has 0 bridgehead atoms. The van der Waals surface area contributed by atoms with Crippen molar-refractivity contribution < 1.29 is 0 Å². The Morgan fingerprint density at radius 3 is 1.19 bits per heavy atom. The highest BCUT2D eigenvalue weighted by Gasteiger charge is 2.27. The molecule has 0 aliphatic heterocycles. The van der Waals surface area contributed by atoms with Gasteiger partial charge in [0.1, 0.15) is 110 Å². The van der Waals surface area contributed by atoms with Crippen LogP contribution >= 0.6 is 22.7 Å². The van der Waals surface area contributed by atoms with Crippen molar-refractivity contribution in [3.63, 3.8) is 0 Å². The lowest BCUT2D eigenvalue weighted by Gasteiger charge is -2.19. The molecule has 0 saturated heterocycles. The zero-order valence-corrected chi connectivity index (χ0v) is 41.3. The predicted molar refractivity (Wildman–Crippen MR) is 327 cm³/mol. The topological polar surface area (TPSA) is 38.7 Å². The van der Waals surface area contributed by atoms with E-state index in [1.54, 1.807) is 0 Å². The Hall–Kier alpha value is -5.10. The Balaban J connectivity index is 1.28. The third-order valence-corrected chi connectivity index (χ3v) is 18.1. The highest BCUT2D eigenvalue weighted by molar-refractivity contribution is 7.29. The molecule has 0 atom stereocenters. The summed E-state index contributed by atoms with van der Waals surface area (Å²) in [5.74, 6) is 2.13. The molecule has 10 rings (SSSR count). The minimum atomic E-state index is 0.679. The summed E-state index contributed by atoms with van der Waals surface area (Å²) in [6.45, 7) is 0. The Labute approximate surface area is 397 Å². The van der Waals surface area contributed by atoms with Gasteiger partial charge in [-0.3, -0.25) is 0 Å². The predicted octanol–water partition coefficient (Wildman–Crippen LogP) is -11.4. The molecule has 0 aliphatic rings. The number of thiophene rings is 2. The molecule has 3 heterocycles. The van der Waals surface area contributed by atoms with Crippen molar-refractivity contribution >= 4 is 249 Å². The standard InChI is InChI=1S/C45H41B14N3S2/c46-25-21-22-27(48)31(52)34(55)38(59)42(22)64-41(21)35(56)29(50)24(25)45-61-43(18-8-4-7-17(13-18)16-11-9-15(10-12-16)14-5-2-1-3-6-14)60-44(62-45)23-19-20-26(47)30(51)33(54)37(58)40(20)63-39(19)36(57)32(53)28(23)49/h1-13H,46-59H2. The molecule has 0 unspecified atom stereocenters. The van der Waals surface area contributed by atoms with Crippen molar-refractivity contribution in [2.45, 2.75) is 0 Å². The second kappa shape index (κ2) is 15.8. The van der Waals surface area contributed by atoms with E-state index in [-0.39, 0.29) is 0 Å². The molecule has 3 nitrogen and oxygen atoms in total. The molecule has 0 amide bonds. The fourth-order valence-electron chi connectivity index (χ4n) is 10.3. The number of nitrogens with zero attached hydrogens (tertiary/aromatic N) is 3. The Bertz CT molecular complexity index is 3670. The summed E-state index contributed by atoms with van der Waals surface area (Å²) in [5.41, 5.74) is 26.4. The van der Waals surface area contributed by atoms with Crippen LogP contribution in [0.3, 0.4) is 0 Å². The van der Waals surface area contributed by atoms with Crippen LogP contribution in [0.4, 0.5) is 0 Å². The monoisotopic (exact) mass is 841 g/mol. The fraction of sp³-hybridized carbons (Fsp3) is 0. The first-order valence-corrected chi connectivity index (χ1v) is 24.1. The van der Waals surface area contributed by atoms with Gasteiger partial charge in [-0.25, -0.2) is 15.0 Å². The number of hydrogen-bond donors (Lipinski definition) is 0. The first-order valence-electron chi connectivity index (χ1n) is 22.5. The van der Waals surface area contributed by atoms with Crippen LogP contribution in [0.15, 0.2) is 78.9 Å². The van der Waals surface area contributed by atoms with Crippen LogP contribution in [-0.2, 0) is 0 Å². The average molecular weight is 839 g/mol. The van der Waals surface area contributed by atoms with Gasteiger partial charge in [0.2, 0.25) is 0 Å².